The first-order valence-corrected chi connectivity index (χ1v) is 15.2. The number of benzene rings is 3. The van der Waals surface area contributed by atoms with Crippen LogP contribution in [0.2, 0.25) is 0 Å². The van der Waals surface area contributed by atoms with Crippen LogP contribution in [0, 0.1) is 5.92 Å². The summed E-state index contributed by atoms with van der Waals surface area (Å²) >= 11 is 1.43. The van der Waals surface area contributed by atoms with Gasteiger partial charge in [0.25, 0.3) is 0 Å². The maximum atomic E-state index is 13.1. The van der Waals surface area contributed by atoms with Crippen molar-refractivity contribution in [1.82, 2.24) is 9.59 Å². The Morgan fingerprint density at radius 1 is 1.02 bits per heavy atom. The lowest BCUT2D eigenvalue weighted by molar-refractivity contribution is 0.379. The van der Waals surface area contributed by atoms with Crippen molar-refractivity contribution in [3.8, 4) is 5.75 Å². The van der Waals surface area contributed by atoms with Crippen LogP contribution >= 0.6 is 11.5 Å². The number of nitrogens with zero attached hydrogens (tertiary/aromatic N) is 3. The fraction of sp³-hybridized carbons (Fsp3) is 0.258. The molecule has 1 aliphatic rings. The molecule has 2 atom stereocenters. The normalized spacial score (nSPS) is 14.1. The molecule has 2 unspecified atom stereocenters. The molecule has 0 bridgehead atoms. The van der Waals surface area contributed by atoms with Crippen LogP contribution in [0.4, 0.5) is 5.69 Å². The van der Waals surface area contributed by atoms with Crippen molar-refractivity contribution in [2.45, 2.75) is 44.4 Å². The van der Waals surface area contributed by atoms with E-state index in [1.165, 1.54) is 11.5 Å². The highest BCUT2D eigenvalue weighted by atomic mass is 32.2. The zero-order valence-corrected chi connectivity index (χ0v) is 24.0. The monoisotopic (exact) mass is 587 g/mol. The van der Waals surface area contributed by atoms with Gasteiger partial charge in [-0.25, -0.2) is 4.79 Å². The molecule has 2 aromatic heterocycles. The number of hydrogen-bond donors (Lipinski definition) is 1. The highest BCUT2D eigenvalue weighted by Crippen LogP contribution is 2.48. The molecule has 1 fully saturated rings. The number of aromatic nitrogens is 2. The molecule has 0 aliphatic heterocycles. The highest BCUT2D eigenvalue weighted by molar-refractivity contribution is 7.61. The van der Waals surface area contributed by atoms with Gasteiger partial charge in [-0.2, -0.15) is 8.42 Å². The number of fused-ring (bicyclic) bond motifs is 1. The predicted octanol–water partition coefficient (Wildman–Crippen LogP) is 7.01. The van der Waals surface area contributed by atoms with Crippen LogP contribution in [0.3, 0.4) is 0 Å². The average Bonchev–Trinajstić information content (AvgIpc) is 3.69. The van der Waals surface area contributed by atoms with Crippen LogP contribution in [-0.4, -0.2) is 23.1 Å². The van der Waals surface area contributed by atoms with Crippen LogP contribution in [0.1, 0.15) is 60.5 Å². The second-order valence-electron chi connectivity index (χ2n) is 9.99. The lowest BCUT2D eigenvalue weighted by atomic mass is 9.86. The Labute approximate surface area is 243 Å². The summed E-state index contributed by atoms with van der Waals surface area (Å²) in [6, 6.07) is 26.2. The third kappa shape index (κ3) is 7.14. The lowest BCUT2D eigenvalue weighted by Crippen LogP contribution is -2.17. The van der Waals surface area contributed by atoms with Gasteiger partial charge in [0, 0.05) is 17.9 Å². The third-order valence-corrected chi connectivity index (χ3v) is 8.24. The van der Waals surface area contributed by atoms with E-state index in [0.29, 0.717) is 12.2 Å². The van der Waals surface area contributed by atoms with Gasteiger partial charge in [0.15, 0.2) is 0 Å². The summed E-state index contributed by atoms with van der Waals surface area (Å²) in [5.41, 5.74) is 2.84. The minimum atomic E-state index is -2.57. The van der Waals surface area contributed by atoms with Crippen molar-refractivity contribution in [1.29, 1.82) is 0 Å². The van der Waals surface area contributed by atoms with Gasteiger partial charge in [-0.3, -0.25) is 0 Å². The van der Waals surface area contributed by atoms with Crippen molar-refractivity contribution < 1.29 is 17.9 Å². The first-order chi connectivity index (χ1) is 19.9. The number of hydrogen-bond acceptors (Lipinski definition) is 9. The van der Waals surface area contributed by atoms with Gasteiger partial charge in [-0.05, 0) is 78.5 Å². The van der Waals surface area contributed by atoms with Crippen LogP contribution in [-0.2, 0) is 16.9 Å². The maximum Gasteiger partial charge on any atom is 0.343 e. The minimum absolute atomic E-state index is 0.0291. The zero-order chi connectivity index (χ0) is 28.8. The fourth-order valence-electron chi connectivity index (χ4n) is 5.03. The minimum Gasteiger partial charge on any atom is -0.507 e. The van der Waals surface area contributed by atoms with Gasteiger partial charge in [-0.15, -0.1) is 9.46 Å². The standard InChI is InChI=1S/C25H25NO5S.C6H4N2S/c1-2-17(13-16-7-4-3-5-8-16)22-15-21(27)24(25(28)31-22)23(18-11-12-18)19-9-6-10-20(14-19)26-32(29)30;1-2-4-6-5(3-1)7-8-9-6/h3-10,14-15,17-18,23,27H,2,11-13H2,1H3;1-4H. The summed E-state index contributed by atoms with van der Waals surface area (Å²) < 4.78 is 36.2. The van der Waals surface area contributed by atoms with Gasteiger partial charge >= 0.3 is 16.1 Å². The van der Waals surface area contributed by atoms with Crippen molar-refractivity contribution in [3.05, 3.63) is 118 Å². The largest absolute Gasteiger partial charge is 0.507 e. The molecule has 1 aliphatic carbocycles. The van der Waals surface area contributed by atoms with E-state index in [2.05, 4.69) is 13.9 Å². The molecule has 1 saturated carbocycles. The van der Waals surface area contributed by atoms with Crippen LogP contribution < -0.4 is 5.63 Å². The van der Waals surface area contributed by atoms with Crippen molar-refractivity contribution in [2.24, 2.45) is 10.3 Å². The van der Waals surface area contributed by atoms with E-state index in [9.17, 15) is 18.3 Å². The lowest BCUT2D eigenvalue weighted by Gasteiger charge is -2.20. The van der Waals surface area contributed by atoms with E-state index in [4.69, 9.17) is 4.42 Å². The average molecular weight is 588 g/mol. The Kier molecular flexibility index (Phi) is 9.01. The Morgan fingerprint density at radius 3 is 2.46 bits per heavy atom. The molecule has 2 heterocycles. The van der Waals surface area contributed by atoms with Gasteiger partial charge in [0.05, 0.1) is 16.0 Å². The molecule has 41 heavy (non-hydrogen) atoms. The summed E-state index contributed by atoms with van der Waals surface area (Å²) in [5, 5.41) is 14.8. The molecule has 5 aromatic rings. The Balaban J connectivity index is 0.000000315. The molecule has 8 nitrogen and oxygen atoms in total. The van der Waals surface area contributed by atoms with Crippen LogP contribution in [0.25, 0.3) is 10.2 Å². The number of rotatable bonds is 8. The summed E-state index contributed by atoms with van der Waals surface area (Å²) in [6.07, 6.45) is 3.32. The van der Waals surface area contributed by atoms with Crippen molar-refractivity contribution in [2.75, 3.05) is 0 Å². The van der Waals surface area contributed by atoms with E-state index in [1.54, 1.807) is 24.3 Å². The Morgan fingerprint density at radius 2 is 1.78 bits per heavy atom. The molecular weight excluding hydrogens is 558 g/mol. The van der Waals surface area contributed by atoms with Gasteiger partial charge < -0.3 is 9.52 Å². The molecule has 6 rings (SSSR count). The molecule has 0 amide bonds. The Bertz CT molecular complexity index is 1790. The van der Waals surface area contributed by atoms with E-state index in [-0.39, 0.29) is 34.8 Å². The summed E-state index contributed by atoms with van der Waals surface area (Å²) in [5.74, 6) is 0.189. The Hall–Kier alpha value is -4.15. The van der Waals surface area contributed by atoms with E-state index in [0.717, 1.165) is 40.6 Å². The van der Waals surface area contributed by atoms with Gasteiger partial charge in [-0.1, -0.05) is 66.0 Å². The molecule has 3 aromatic carbocycles. The van der Waals surface area contributed by atoms with Crippen molar-refractivity contribution >= 4 is 37.9 Å². The molecule has 10 heteroatoms. The smallest absolute Gasteiger partial charge is 0.343 e. The quantitative estimate of drug-likeness (QED) is 0.207. The van der Waals surface area contributed by atoms with Crippen molar-refractivity contribution in [3.63, 3.8) is 0 Å². The second-order valence-corrected chi connectivity index (χ2v) is 11.4. The maximum absolute atomic E-state index is 13.1. The van der Waals surface area contributed by atoms with E-state index in [1.807, 2.05) is 67.6 Å². The van der Waals surface area contributed by atoms with E-state index < -0.39 is 16.1 Å². The fourth-order valence-corrected chi connectivity index (χ4v) is 5.88. The number of aromatic hydroxyl groups is 1. The summed E-state index contributed by atoms with van der Waals surface area (Å²) in [6.45, 7) is 2.03. The molecule has 1 N–H and O–H groups in total. The second kappa shape index (κ2) is 13.0. The third-order valence-electron chi connectivity index (χ3n) is 7.17. The molecule has 0 spiro atoms. The molecule has 0 saturated heterocycles. The van der Waals surface area contributed by atoms with Gasteiger partial charge in [0.1, 0.15) is 17.0 Å². The van der Waals surface area contributed by atoms with Gasteiger partial charge in [0.2, 0.25) is 0 Å². The first-order valence-electron chi connectivity index (χ1n) is 13.4. The topological polar surface area (TPSA) is 123 Å². The first kappa shape index (κ1) is 28.4. The van der Waals surface area contributed by atoms with Crippen LogP contribution in [0.5, 0.6) is 5.75 Å². The molecule has 0 radical (unpaired) electrons. The zero-order valence-electron chi connectivity index (χ0n) is 22.4. The predicted molar refractivity (Wildman–Crippen MR) is 159 cm³/mol. The summed E-state index contributed by atoms with van der Waals surface area (Å²) in [7, 11) is -2.57. The van der Waals surface area contributed by atoms with Crippen LogP contribution in [0.15, 0.2) is 98.5 Å². The SMILES string of the molecule is CCC(Cc1ccccc1)c1cc(O)c(C(c2cccc(N=S(=O)=O)c2)C2CC2)c(=O)o1.c1ccc2snnc2c1. The molecular formula is C31H29N3O5S2. The summed E-state index contributed by atoms with van der Waals surface area (Å²) in [4.78, 5) is 13.1. The highest BCUT2D eigenvalue weighted by Gasteiger charge is 2.37. The molecule has 210 valence electrons. The van der Waals surface area contributed by atoms with E-state index >= 15 is 0 Å².